The smallest absolute Gasteiger partial charge is 0.256 e. The van der Waals surface area contributed by atoms with Crippen LogP contribution in [-0.4, -0.2) is 77.5 Å². The number of carbonyl (C=O) groups is 1. The molecule has 0 radical (unpaired) electrons. The van der Waals surface area contributed by atoms with E-state index in [1.165, 1.54) is 18.2 Å². The number of nitrogens with zero attached hydrogens (tertiary/aromatic N) is 5. The fourth-order valence-electron chi connectivity index (χ4n) is 4.63. The fourth-order valence-corrected chi connectivity index (χ4v) is 5.38. The third-order valence-electron chi connectivity index (χ3n) is 6.63. The number of aryl methyl sites for hydroxylation is 1. The number of amides is 1. The van der Waals surface area contributed by atoms with Gasteiger partial charge in [-0.2, -0.15) is 5.10 Å². The Morgan fingerprint density at radius 3 is 2.71 bits per heavy atom. The number of carbonyl (C=O) groups excluding carboxylic acids is 1. The predicted octanol–water partition coefficient (Wildman–Crippen LogP) is 2.43. The summed E-state index contributed by atoms with van der Waals surface area (Å²) in [6.07, 6.45) is 3.83. The van der Waals surface area contributed by atoms with Gasteiger partial charge in [-0.05, 0) is 44.4 Å². The monoisotopic (exact) mass is 563 g/mol. The first-order valence-corrected chi connectivity index (χ1v) is 14.7. The second-order valence-electron chi connectivity index (χ2n) is 10.1. The Morgan fingerprint density at radius 2 is 2.08 bits per heavy atom. The lowest BCUT2D eigenvalue weighted by atomic mass is 10.1. The van der Waals surface area contributed by atoms with Gasteiger partial charge >= 0.3 is 0 Å². The van der Waals surface area contributed by atoms with Gasteiger partial charge in [-0.1, -0.05) is 18.5 Å². The average Bonchev–Trinajstić information content (AvgIpc) is 3.46. The molecule has 4 rings (SSSR count). The molecule has 0 saturated carbocycles. The number of aromatic nitrogens is 3. The first kappa shape index (κ1) is 28.1. The van der Waals surface area contributed by atoms with E-state index in [4.69, 9.17) is 27.4 Å². The summed E-state index contributed by atoms with van der Waals surface area (Å²) >= 11 is 6.19. The molecule has 1 saturated heterocycles. The van der Waals surface area contributed by atoms with Crippen molar-refractivity contribution in [2.75, 3.05) is 42.1 Å². The first-order chi connectivity index (χ1) is 17.9. The zero-order chi connectivity index (χ0) is 27.8. The molecule has 2 aromatic heterocycles. The van der Waals surface area contributed by atoms with Crippen LogP contribution < -0.4 is 15.4 Å². The minimum absolute atomic E-state index is 0.102. The zero-order valence-electron chi connectivity index (χ0n) is 21.9. The van der Waals surface area contributed by atoms with Crippen molar-refractivity contribution in [3.63, 3.8) is 0 Å². The molecule has 11 nitrogen and oxygen atoms in total. The normalized spacial score (nSPS) is 17.6. The van der Waals surface area contributed by atoms with Gasteiger partial charge in [-0.25, -0.2) is 17.9 Å². The molecule has 38 heavy (non-hydrogen) atoms. The number of nitrogens with two attached hydrogens (primary N) is 1. The van der Waals surface area contributed by atoms with E-state index in [2.05, 4.69) is 9.62 Å². The van der Waals surface area contributed by atoms with Crippen LogP contribution in [-0.2, 0) is 10.0 Å². The molecule has 13 heteroatoms. The van der Waals surface area contributed by atoms with Gasteiger partial charge in [0.05, 0.1) is 29.2 Å². The molecule has 1 aromatic carbocycles. The molecule has 3 aromatic rings. The van der Waals surface area contributed by atoms with Crippen molar-refractivity contribution in [2.24, 2.45) is 11.7 Å². The molecule has 0 spiro atoms. The van der Waals surface area contributed by atoms with Gasteiger partial charge in [-0.3, -0.25) is 9.52 Å². The summed E-state index contributed by atoms with van der Waals surface area (Å²) in [5, 5.41) is 14.7. The van der Waals surface area contributed by atoms with Crippen molar-refractivity contribution in [1.29, 1.82) is 0 Å². The van der Waals surface area contributed by atoms with Crippen molar-refractivity contribution in [3.05, 3.63) is 52.3 Å². The van der Waals surface area contributed by atoms with Gasteiger partial charge in [0.1, 0.15) is 5.82 Å². The van der Waals surface area contributed by atoms with Crippen molar-refractivity contribution in [3.8, 4) is 0 Å². The van der Waals surface area contributed by atoms with Crippen molar-refractivity contribution in [1.82, 2.24) is 19.5 Å². The van der Waals surface area contributed by atoms with Crippen molar-refractivity contribution >= 4 is 44.7 Å². The van der Waals surface area contributed by atoms with E-state index < -0.39 is 22.0 Å². The lowest BCUT2D eigenvalue weighted by Gasteiger charge is -2.31. The summed E-state index contributed by atoms with van der Waals surface area (Å²) in [5.41, 5.74) is 8.52. The molecule has 1 aliphatic rings. The van der Waals surface area contributed by atoms with E-state index in [0.717, 1.165) is 37.1 Å². The Bertz CT molecular complexity index is 1440. The van der Waals surface area contributed by atoms with Crippen LogP contribution >= 0.6 is 11.6 Å². The van der Waals surface area contributed by atoms with Gasteiger partial charge in [0, 0.05) is 55.1 Å². The lowest BCUT2D eigenvalue weighted by molar-refractivity contribution is 0.0628. The third-order valence-corrected chi connectivity index (χ3v) is 7.46. The second kappa shape index (κ2) is 11.0. The molecule has 0 aliphatic carbocycles. The van der Waals surface area contributed by atoms with E-state index >= 15 is 0 Å². The summed E-state index contributed by atoms with van der Waals surface area (Å²) in [7, 11) is -3.65. The Hall–Kier alpha value is -2.93. The molecule has 3 heterocycles. The van der Waals surface area contributed by atoms with E-state index in [9.17, 15) is 18.3 Å². The highest BCUT2D eigenvalue weighted by Crippen LogP contribution is 2.30. The SMILES string of the molecule is Cc1cn2nc([C@H](C)N(C[C@@H](C)CO)C(=O)c3cc(Cl)ccc3NS(C)(=O)=O)cc2nc1N1CC[C@H](N)C1. The van der Waals surface area contributed by atoms with Crippen LogP contribution in [0.5, 0.6) is 0 Å². The van der Waals surface area contributed by atoms with E-state index in [1.807, 2.05) is 33.0 Å². The topological polar surface area (TPSA) is 146 Å². The Kier molecular flexibility index (Phi) is 8.17. The van der Waals surface area contributed by atoms with Crippen LogP contribution in [0.4, 0.5) is 11.5 Å². The molecule has 1 amide bonds. The lowest BCUT2D eigenvalue weighted by Crippen LogP contribution is -2.38. The van der Waals surface area contributed by atoms with E-state index in [1.54, 1.807) is 9.42 Å². The van der Waals surface area contributed by atoms with Gasteiger partial charge in [0.25, 0.3) is 5.91 Å². The quantitative estimate of drug-likeness (QED) is 0.360. The predicted molar refractivity (Wildman–Crippen MR) is 148 cm³/mol. The van der Waals surface area contributed by atoms with Crippen LogP contribution in [0.2, 0.25) is 5.02 Å². The maximum absolute atomic E-state index is 13.9. The number of rotatable bonds is 9. The Labute approximate surface area is 227 Å². The average molecular weight is 564 g/mol. The number of halogens is 1. The number of fused-ring (bicyclic) bond motifs is 1. The van der Waals surface area contributed by atoms with Crippen LogP contribution in [0.25, 0.3) is 5.65 Å². The van der Waals surface area contributed by atoms with Gasteiger partial charge in [-0.15, -0.1) is 0 Å². The number of hydrogen-bond donors (Lipinski definition) is 3. The highest BCUT2D eigenvalue weighted by Gasteiger charge is 2.29. The Balaban J connectivity index is 1.72. The second-order valence-corrected chi connectivity index (χ2v) is 12.3. The maximum Gasteiger partial charge on any atom is 0.256 e. The first-order valence-electron chi connectivity index (χ1n) is 12.4. The summed E-state index contributed by atoms with van der Waals surface area (Å²) < 4.78 is 28.0. The van der Waals surface area contributed by atoms with Crippen molar-refractivity contribution < 1.29 is 18.3 Å². The molecule has 1 aliphatic heterocycles. The number of nitrogens with one attached hydrogen (secondary N) is 1. The number of anilines is 2. The molecule has 0 unspecified atom stereocenters. The highest BCUT2D eigenvalue weighted by atomic mass is 35.5. The minimum atomic E-state index is -3.65. The summed E-state index contributed by atoms with van der Waals surface area (Å²) in [4.78, 5) is 22.4. The number of aliphatic hydroxyl groups excluding tert-OH is 1. The number of sulfonamides is 1. The van der Waals surface area contributed by atoms with Crippen LogP contribution in [0.3, 0.4) is 0 Å². The fraction of sp³-hybridized carbons (Fsp3) is 0.480. The highest BCUT2D eigenvalue weighted by molar-refractivity contribution is 7.92. The maximum atomic E-state index is 13.9. The molecule has 206 valence electrons. The molecule has 3 atom stereocenters. The van der Waals surface area contributed by atoms with E-state index in [-0.39, 0.29) is 41.4 Å². The Morgan fingerprint density at radius 1 is 1.34 bits per heavy atom. The van der Waals surface area contributed by atoms with Crippen LogP contribution in [0.15, 0.2) is 30.5 Å². The number of aliphatic hydroxyl groups is 1. The number of benzene rings is 1. The largest absolute Gasteiger partial charge is 0.396 e. The summed E-state index contributed by atoms with van der Waals surface area (Å²) in [5.74, 6) is 0.177. The van der Waals surface area contributed by atoms with E-state index in [0.29, 0.717) is 11.3 Å². The number of hydrogen-bond acceptors (Lipinski definition) is 8. The molecular weight excluding hydrogens is 530 g/mol. The summed E-state index contributed by atoms with van der Waals surface area (Å²) in [6, 6.07) is 5.83. The molecular formula is C25H34ClN7O4S. The van der Waals surface area contributed by atoms with Crippen LogP contribution in [0, 0.1) is 12.8 Å². The third kappa shape index (κ3) is 6.20. The molecule has 4 N–H and O–H groups in total. The summed E-state index contributed by atoms with van der Waals surface area (Å²) in [6.45, 7) is 7.30. The zero-order valence-corrected chi connectivity index (χ0v) is 23.5. The van der Waals surface area contributed by atoms with Gasteiger partial charge < -0.3 is 20.6 Å². The molecule has 0 bridgehead atoms. The van der Waals surface area contributed by atoms with Gasteiger partial charge in [0.2, 0.25) is 10.0 Å². The van der Waals surface area contributed by atoms with Crippen molar-refractivity contribution in [2.45, 2.75) is 39.3 Å². The minimum Gasteiger partial charge on any atom is -0.396 e. The standard InChI is InChI=1S/C25H34ClN7O4S/c1-15(14-34)11-32(25(35)20-9-18(26)5-6-21(20)30-38(4,36)37)17(3)22-10-23-28-24(16(2)12-33(23)29-22)31-8-7-19(27)13-31/h5-6,9-10,12,15,17,19,30,34H,7-8,11,13-14,27H2,1-4H3/t15-,17+,19+/m1/s1. The van der Waals surface area contributed by atoms with Gasteiger partial charge in [0.15, 0.2) is 5.65 Å². The van der Waals surface area contributed by atoms with Crippen LogP contribution in [0.1, 0.15) is 47.9 Å². The molecule has 1 fully saturated rings.